The van der Waals surface area contributed by atoms with Crippen LogP contribution in [0.1, 0.15) is 18.1 Å². The third-order valence-corrected chi connectivity index (χ3v) is 3.65. The van der Waals surface area contributed by atoms with Gasteiger partial charge >= 0.3 is 0 Å². The largest absolute Gasteiger partial charge is 0.489 e. The molecule has 0 unspecified atom stereocenters. The van der Waals surface area contributed by atoms with E-state index >= 15 is 0 Å². The predicted octanol–water partition coefficient (Wildman–Crippen LogP) is 4.47. The number of benzene rings is 2. The lowest BCUT2D eigenvalue weighted by atomic mass is 10.2. The highest BCUT2D eigenvalue weighted by atomic mass is 127. The SMILES string of the molecule is CC(=O)/C=C/c1ccc(OCc2ccccc2)cc1I. The summed E-state index contributed by atoms with van der Waals surface area (Å²) < 4.78 is 6.82. The molecule has 0 saturated heterocycles. The zero-order chi connectivity index (χ0) is 14.4. The van der Waals surface area contributed by atoms with Crippen molar-refractivity contribution in [3.05, 3.63) is 69.3 Å². The van der Waals surface area contributed by atoms with E-state index < -0.39 is 0 Å². The molecule has 2 aromatic rings. The van der Waals surface area contributed by atoms with Crippen LogP contribution in [0.15, 0.2) is 54.6 Å². The molecular weight excluding hydrogens is 363 g/mol. The molecule has 0 saturated carbocycles. The van der Waals surface area contributed by atoms with Crippen LogP contribution >= 0.6 is 22.6 Å². The van der Waals surface area contributed by atoms with Crippen LogP contribution in [0.2, 0.25) is 0 Å². The number of ether oxygens (including phenoxy) is 1. The van der Waals surface area contributed by atoms with Crippen LogP contribution in [0.4, 0.5) is 0 Å². The Morgan fingerprint density at radius 2 is 1.95 bits per heavy atom. The summed E-state index contributed by atoms with van der Waals surface area (Å²) in [5.74, 6) is 0.878. The van der Waals surface area contributed by atoms with Crippen molar-refractivity contribution in [2.75, 3.05) is 0 Å². The van der Waals surface area contributed by atoms with Crippen LogP contribution < -0.4 is 4.74 Å². The molecule has 102 valence electrons. The second-order valence-electron chi connectivity index (χ2n) is 4.40. The van der Waals surface area contributed by atoms with E-state index in [2.05, 4.69) is 22.6 Å². The van der Waals surface area contributed by atoms with Gasteiger partial charge in [-0.1, -0.05) is 42.5 Å². The van der Waals surface area contributed by atoms with Crippen LogP contribution in [0.3, 0.4) is 0 Å². The fraction of sp³-hybridized carbons (Fsp3) is 0.118. The Labute approximate surface area is 132 Å². The first-order valence-electron chi connectivity index (χ1n) is 6.30. The fourth-order valence-corrected chi connectivity index (χ4v) is 2.35. The predicted molar refractivity (Wildman–Crippen MR) is 89.6 cm³/mol. The van der Waals surface area contributed by atoms with Crippen molar-refractivity contribution in [3.63, 3.8) is 0 Å². The van der Waals surface area contributed by atoms with Crippen LogP contribution in [-0.4, -0.2) is 5.78 Å². The van der Waals surface area contributed by atoms with Gasteiger partial charge in [-0.3, -0.25) is 4.79 Å². The Bertz CT molecular complexity index is 618. The quantitative estimate of drug-likeness (QED) is 0.567. The molecule has 0 amide bonds. The molecule has 0 heterocycles. The minimum absolute atomic E-state index is 0.0465. The van der Waals surface area contributed by atoms with Gasteiger partial charge in [-0.2, -0.15) is 0 Å². The molecule has 3 heteroatoms. The Hall–Kier alpha value is -1.62. The molecule has 0 aliphatic carbocycles. The van der Waals surface area contributed by atoms with E-state index in [1.54, 1.807) is 13.0 Å². The second kappa shape index (κ2) is 7.24. The normalized spacial score (nSPS) is 10.7. The summed E-state index contributed by atoms with van der Waals surface area (Å²) in [6.45, 7) is 2.10. The third-order valence-electron chi connectivity index (χ3n) is 2.72. The van der Waals surface area contributed by atoms with Crippen molar-refractivity contribution < 1.29 is 9.53 Å². The number of hydrogen-bond donors (Lipinski definition) is 0. The highest BCUT2D eigenvalue weighted by Gasteiger charge is 2.01. The van der Waals surface area contributed by atoms with Crippen molar-refractivity contribution in [2.24, 2.45) is 0 Å². The molecule has 0 aliphatic heterocycles. The van der Waals surface area contributed by atoms with Gasteiger partial charge in [-0.25, -0.2) is 0 Å². The van der Waals surface area contributed by atoms with Crippen molar-refractivity contribution in [1.29, 1.82) is 0 Å². The highest BCUT2D eigenvalue weighted by Crippen LogP contribution is 2.21. The highest BCUT2D eigenvalue weighted by molar-refractivity contribution is 14.1. The molecule has 2 nitrogen and oxygen atoms in total. The van der Waals surface area contributed by atoms with E-state index in [1.807, 2.05) is 54.6 Å². The van der Waals surface area contributed by atoms with Gasteiger partial charge in [-0.05, 0) is 58.9 Å². The Balaban J connectivity index is 2.04. The number of carbonyl (C=O) groups excluding carboxylic acids is 1. The monoisotopic (exact) mass is 378 g/mol. The summed E-state index contributed by atoms with van der Waals surface area (Å²) in [7, 11) is 0. The van der Waals surface area contributed by atoms with Gasteiger partial charge in [0.15, 0.2) is 5.78 Å². The van der Waals surface area contributed by atoms with Crippen molar-refractivity contribution in [3.8, 4) is 5.75 Å². The van der Waals surface area contributed by atoms with E-state index in [9.17, 15) is 4.79 Å². The third kappa shape index (κ3) is 4.49. The number of halogens is 1. The molecule has 2 rings (SSSR count). The lowest BCUT2D eigenvalue weighted by molar-refractivity contribution is -0.112. The second-order valence-corrected chi connectivity index (χ2v) is 5.56. The standard InChI is InChI=1S/C17H15IO2/c1-13(19)7-8-15-9-10-16(11-17(15)18)20-12-14-5-3-2-4-6-14/h2-11H,12H2,1H3/b8-7+. The molecule has 2 aromatic carbocycles. The zero-order valence-electron chi connectivity index (χ0n) is 11.2. The van der Waals surface area contributed by atoms with Gasteiger partial charge in [-0.15, -0.1) is 0 Å². The van der Waals surface area contributed by atoms with Crippen LogP contribution in [0, 0.1) is 3.57 Å². The molecule has 0 spiro atoms. The first kappa shape index (κ1) is 14.8. The number of rotatable bonds is 5. The van der Waals surface area contributed by atoms with E-state index in [0.717, 1.165) is 20.4 Å². The van der Waals surface area contributed by atoms with Crippen LogP contribution in [-0.2, 0) is 11.4 Å². The van der Waals surface area contributed by atoms with E-state index in [0.29, 0.717) is 6.61 Å². The number of carbonyl (C=O) groups is 1. The molecule has 0 N–H and O–H groups in total. The van der Waals surface area contributed by atoms with Gasteiger partial charge in [0.05, 0.1) is 0 Å². The summed E-state index contributed by atoms with van der Waals surface area (Å²) >= 11 is 2.24. The summed E-state index contributed by atoms with van der Waals surface area (Å²) in [6.07, 6.45) is 3.40. The average Bonchev–Trinajstić information content (AvgIpc) is 2.45. The maximum absolute atomic E-state index is 10.9. The summed E-state index contributed by atoms with van der Waals surface area (Å²) in [5.41, 5.74) is 2.16. The van der Waals surface area contributed by atoms with E-state index in [-0.39, 0.29) is 5.78 Å². The number of hydrogen-bond acceptors (Lipinski definition) is 2. The van der Waals surface area contributed by atoms with Gasteiger partial charge in [0.2, 0.25) is 0 Å². The first-order valence-corrected chi connectivity index (χ1v) is 7.38. The minimum Gasteiger partial charge on any atom is -0.489 e. The minimum atomic E-state index is 0.0465. The maximum atomic E-state index is 10.9. The lowest BCUT2D eigenvalue weighted by Gasteiger charge is -2.08. The molecule has 0 bridgehead atoms. The topological polar surface area (TPSA) is 26.3 Å². The number of allylic oxidation sites excluding steroid dienone is 1. The number of ketones is 1. The lowest BCUT2D eigenvalue weighted by Crippen LogP contribution is -1.95. The molecule has 0 fully saturated rings. The van der Waals surface area contributed by atoms with Crippen molar-refractivity contribution >= 4 is 34.5 Å². The smallest absolute Gasteiger partial charge is 0.152 e. The van der Waals surface area contributed by atoms with Crippen molar-refractivity contribution in [1.82, 2.24) is 0 Å². The molecule has 0 aliphatic rings. The van der Waals surface area contributed by atoms with Gasteiger partial charge < -0.3 is 4.74 Å². The molecule has 0 aromatic heterocycles. The molecular formula is C17H15IO2. The summed E-state index contributed by atoms with van der Waals surface area (Å²) in [5, 5.41) is 0. The van der Waals surface area contributed by atoms with E-state index in [4.69, 9.17) is 4.74 Å². The van der Waals surface area contributed by atoms with Crippen LogP contribution in [0.5, 0.6) is 5.75 Å². The molecule has 0 radical (unpaired) electrons. The summed E-state index contributed by atoms with van der Waals surface area (Å²) in [4.78, 5) is 10.9. The Morgan fingerprint density at radius 1 is 1.20 bits per heavy atom. The average molecular weight is 378 g/mol. The molecule has 20 heavy (non-hydrogen) atoms. The Morgan fingerprint density at radius 3 is 2.60 bits per heavy atom. The van der Waals surface area contributed by atoms with Gasteiger partial charge in [0.1, 0.15) is 12.4 Å². The summed E-state index contributed by atoms with van der Waals surface area (Å²) in [6, 6.07) is 15.9. The van der Waals surface area contributed by atoms with Crippen molar-refractivity contribution in [2.45, 2.75) is 13.5 Å². The van der Waals surface area contributed by atoms with E-state index in [1.165, 1.54) is 0 Å². The van der Waals surface area contributed by atoms with Gasteiger partial charge in [0.25, 0.3) is 0 Å². The fourth-order valence-electron chi connectivity index (χ4n) is 1.68. The maximum Gasteiger partial charge on any atom is 0.152 e. The Kier molecular flexibility index (Phi) is 5.35. The van der Waals surface area contributed by atoms with Gasteiger partial charge in [0, 0.05) is 3.57 Å². The van der Waals surface area contributed by atoms with Crippen LogP contribution in [0.25, 0.3) is 6.08 Å². The molecule has 0 atom stereocenters. The first-order chi connectivity index (χ1) is 9.65. The zero-order valence-corrected chi connectivity index (χ0v) is 13.3.